The fourth-order valence-corrected chi connectivity index (χ4v) is 3.41. The molecule has 0 aliphatic carbocycles. The molecule has 2 aromatic heterocycles. The lowest BCUT2D eigenvalue weighted by atomic mass is 9.96. The predicted molar refractivity (Wildman–Crippen MR) is 94.4 cm³/mol. The molecule has 0 spiro atoms. The molecule has 0 aromatic carbocycles. The first-order valence-electron chi connectivity index (χ1n) is 8.31. The summed E-state index contributed by atoms with van der Waals surface area (Å²) in [6.07, 6.45) is 0. The van der Waals surface area contributed by atoms with E-state index in [2.05, 4.69) is 23.7 Å². The van der Waals surface area contributed by atoms with Gasteiger partial charge in [-0.05, 0) is 60.6 Å². The molecular formula is C19H28N2O3. The summed E-state index contributed by atoms with van der Waals surface area (Å²) in [5.41, 5.74) is 2.17. The Morgan fingerprint density at radius 1 is 1.29 bits per heavy atom. The van der Waals surface area contributed by atoms with E-state index in [-0.39, 0.29) is 12.5 Å². The number of rotatable bonds is 5. The Morgan fingerprint density at radius 3 is 2.38 bits per heavy atom. The standard InChI is InChI=1S/C19H28N2O3/c1-11(2)21-12(3)8-16(14(21)5)18(22)20-10-19(7,23)17-9-13(4)24-15(17)6/h8-9,11,23H,10H2,1-7H3,(H,20,22). The number of nitrogens with one attached hydrogen (secondary N) is 1. The zero-order chi connectivity index (χ0) is 18.2. The van der Waals surface area contributed by atoms with Crippen LogP contribution in [0.3, 0.4) is 0 Å². The second-order valence-electron chi connectivity index (χ2n) is 7.03. The second-order valence-corrected chi connectivity index (χ2v) is 7.03. The highest BCUT2D eigenvalue weighted by atomic mass is 16.3. The Hall–Kier alpha value is -2.01. The van der Waals surface area contributed by atoms with Crippen LogP contribution in [0.25, 0.3) is 0 Å². The third kappa shape index (κ3) is 3.41. The number of aliphatic hydroxyl groups is 1. The molecule has 2 aromatic rings. The molecule has 1 unspecified atom stereocenters. The molecule has 24 heavy (non-hydrogen) atoms. The van der Waals surface area contributed by atoms with E-state index in [4.69, 9.17) is 4.42 Å². The van der Waals surface area contributed by atoms with E-state index in [1.54, 1.807) is 6.92 Å². The topological polar surface area (TPSA) is 67.4 Å². The quantitative estimate of drug-likeness (QED) is 0.880. The van der Waals surface area contributed by atoms with Crippen LogP contribution in [0.2, 0.25) is 0 Å². The zero-order valence-corrected chi connectivity index (χ0v) is 15.7. The third-order valence-corrected chi connectivity index (χ3v) is 4.46. The van der Waals surface area contributed by atoms with Crippen LogP contribution in [0, 0.1) is 27.7 Å². The van der Waals surface area contributed by atoms with Gasteiger partial charge in [0.25, 0.3) is 5.91 Å². The van der Waals surface area contributed by atoms with Crippen LogP contribution in [0.1, 0.15) is 65.6 Å². The summed E-state index contributed by atoms with van der Waals surface area (Å²) < 4.78 is 7.62. The van der Waals surface area contributed by atoms with E-state index in [0.29, 0.717) is 22.9 Å². The number of furan rings is 1. The summed E-state index contributed by atoms with van der Waals surface area (Å²) in [4.78, 5) is 12.6. The molecule has 2 rings (SSSR count). The first-order valence-corrected chi connectivity index (χ1v) is 8.31. The number of hydrogen-bond donors (Lipinski definition) is 2. The van der Waals surface area contributed by atoms with Crippen molar-refractivity contribution in [3.8, 4) is 0 Å². The van der Waals surface area contributed by atoms with Gasteiger partial charge in [-0.1, -0.05) is 0 Å². The van der Waals surface area contributed by atoms with Crippen LogP contribution in [0.5, 0.6) is 0 Å². The van der Waals surface area contributed by atoms with Gasteiger partial charge in [0.2, 0.25) is 0 Å². The van der Waals surface area contributed by atoms with Gasteiger partial charge in [0.1, 0.15) is 17.1 Å². The largest absolute Gasteiger partial charge is 0.466 e. The molecule has 0 fully saturated rings. The fraction of sp³-hybridized carbons (Fsp3) is 0.526. The first kappa shape index (κ1) is 18.3. The van der Waals surface area contributed by atoms with Crippen molar-refractivity contribution in [2.24, 2.45) is 0 Å². The highest BCUT2D eigenvalue weighted by molar-refractivity contribution is 5.95. The molecular weight excluding hydrogens is 304 g/mol. The molecule has 2 heterocycles. The van der Waals surface area contributed by atoms with Crippen LogP contribution in [-0.4, -0.2) is 22.1 Å². The minimum atomic E-state index is -1.18. The maximum Gasteiger partial charge on any atom is 0.253 e. The molecule has 132 valence electrons. The van der Waals surface area contributed by atoms with Gasteiger partial charge in [-0.2, -0.15) is 0 Å². The molecule has 2 N–H and O–H groups in total. The summed E-state index contributed by atoms with van der Waals surface area (Å²) >= 11 is 0. The van der Waals surface area contributed by atoms with Crippen molar-refractivity contribution in [1.29, 1.82) is 0 Å². The maximum absolute atomic E-state index is 12.6. The normalized spacial score (nSPS) is 14.0. The lowest BCUT2D eigenvalue weighted by Crippen LogP contribution is -2.39. The van der Waals surface area contributed by atoms with Crippen molar-refractivity contribution < 1.29 is 14.3 Å². The van der Waals surface area contributed by atoms with E-state index in [9.17, 15) is 9.90 Å². The van der Waals surface area contributed by atoms with Crippen molar-refractivity contribution in [3.05, 3.63) is 46.2 Å². The van der Waals surface area contributed by atoms with Crippen LogP contribution in [0.15, 0.2) is 16.5 Å². The number of hydrogen-bond acceptors (Lipinski definition) is 3. The summed E-state index contributed by atoms with van der Waals surface area (Å²) in [6, 6.07) is 4.00. The smallest absolute Gasteiger partial charge is 0.253 e. The minimum absolute atomic E-state index is 0.122. The monoisotopic (exact) mass is 332 g/mol. The number of aromatic nitrogens is 1. The van der Waals surface area contributed by atoms with E-state index in [1.165, 1.54) is 0 Å². The highest BCUT2D eigenvalue weighted by Gasteiger charge is 2.29. The Morgan fingerprint density at radius 2 is 1.92 bits per heavy atom. The van der Waals surface area contributed by atoms with Crippen LogP contribution >= 0.6 is 0 Å². The van der Waals surface area contributed by atoms with Gasteiger partial charge in [-0.25, -0.2) is 0 Å². The summed E-state index contributed by atoms with van der Waals surface area (Å²) in [6.45, 7) is 13.6. The van der Waals surface area contributed by atoms with Crippen molar-refractivity contribution in [1.82, 2.24) is 9.88 Å². The van der Waals surface area contributed by atoms with Crippen molar-refractivity contribution in [2.75, 3.05) is 6.54 Å². The summed E-state index contributed by atoms with van der Waals surface area (Å²) in [5.74, 6) is 1.24. The van der Waals surface area contributed by atoms with E-state index < -0.39 is 5.60 Å². The minimum Gasteiger partial charge on any atom is -0.466 e. The Bertz CT molecular complexity index is 751. The lowest BCUT2D eigenvalue weighted by Gasteiger charge is -2.23. The van der Waals surface area contributed by atoms with Gasteiger partial charge < -0.3 is 19.4 Å². The average Bonchev–Trinajstić information content (AvgIpc) is 2.95. The highest BCUT2D eigenvalue weighted by Crippen LogP contribution is 2.27. The first-order chi connectivity index (χ1) is 11.0. The molecule has 0 radical (unpaired) electrons. The van der Waals surface area contributed by atoms with Crippen LogP contribution in [-0.2, 0) is 5.60 Å². The fourth-order valence-electron chi connectivity index (χ4n) is 3.41. The van der Waals surface area contributed by atoms with Gasteiger partial charge >= 0.3 is 0 Å². The molecule has 0 aliphatic rings. The van der Waals surface area contributed by atoms with Gasteiger partial charge in [0.15, 0.2) is 0 Å². The van der Waals surface area contributed by atoms with Crippen LogP contribution < -0.4 is 5.32 Å². The van der Waals surface area contributed by atoms with Gasteiger partial charge in [0.05, 0.1) is 12.1 Å². The number of aryl methyl sites for hydroxylation is 3. The zero-order valence-electron chi connectivity index (χ0n) is 15.7. The number of amides is 1. The molecule has 5 heteroatoms. The van der Waals surface area contributed by atoms with Gasteiger partial charge in [0, 0.05) is 23.0 Å². The summed E-state index contributed by atoms with van der Waals surface area (Å²) in [5, 5.41) is 13.6. The molecule has 0 bridgehead atoms. The number of carbonyl (C=O) groups excluding carboxylic acids is 1. The van der Waals surface area contributed by atoms with Crippen molar-refractivity contribution >= 4 is 5.91 Å². The van der Waals surface area contributed by atoms with E-state index >= 15 is 0 Å². The van der Waals surface area contributed by atoms with E-state index in [1.807, 2.05) is 39.8 Å². The van der Waals surface area contributed by atoms with Crippen LogP contribution in [0.4, 0.5) is 0 Å². The second kappa shape index (κ2) is 6.48. The average molecular weight is 332 g/mol. The number of carbonyl (C=O) groups is 1. The molecule has 1 amide bonds. The Kier molecular flexibility index (Phi) is 4.95. The molecule has 1 atom stereocenters. The van der Waals surface area contributed by atoms with Gasteiger partial charge in [-0.15, -0.1) is 0 Å². The molecule has 5 nitrogen and oxygen atoms in total. The molecule has 0 saturated heterocycles. The SMILES string of the molecule is Cc1cc(C(C)(O)CNC(=O)c2cc(C)n(C(C)C)c2C)c(C)o1. The Labute approximate surface area is 143 Å². The van der Waals surface area contributed by atoms with Crippen molar-refractivity contribution in [2.45, 2.75) is 60.1 Å². The maximum atomic E-state index is 12.6. The van der Waals surface area contributed by atoms with Gasteiger partial charge in [-0.3, -0.25) is 4.79 Å². The Balaban J connectivity index is 2.16. The summed E-state index contributed by atoms with van der Waals surface area (Å²) in [7, 11) is 0. The van der Waals surface area contributed by atoms with E-state index in [0.717, 1.165) is 17.1 Å². The predicted octanol–water partition coefficient (Wildman–Crippen LogP) is 3.53. The lowest BCUT2D eigenvalue weighted by molar-refractivity contribution is 0.0513. The third-order valence-electron chi connectivity index (χ3n) is 4.46. The number of nitrogens with zero attached hydrogens (tertiary/aromatic N) is 1. The van der Waals surface area contributed by atoms with Crippen molar-refractivity contribution in [3.63, 3.8) is 0 Å². The molecule has 0 saturated carbocycles. The molecule has 0 aliphatic heterocycles.